The van der Waals surface area contributed by atoms with Crippen molar-refractivity contribution >= 4 is 29.5 Å². The zero-order valence-corrected chi connectivity index (χ0v) is 13.2. The van der Waals surface area contributed by atoms with Gasteiger partial charge in [-0.2, -0.15) is 5.10 Å². The molecule has 2 rings (SSSR count). The molecule has 0 atom stereocenters. The summed E-state index contributed by atoms with van der Waals surface area (Å²) in [5, 5.41) is 16.6. The molecule has 0 aliphatic carbocycles. The van der Waals surface area contributed by atoms with Crippen molar-refractivity contribution in [3.8, 4) is 11.5 Å². The number of halogens is 1. The zero-order chi connectivity index (χ0) is 16.7. The first-order valence-corrected chi connectivity index (χ1v) is 7.27. The number of nitrogens with one attached hydrogen (secondary N) is 2. The number of anilines is 1. The Morgan fingerprint density at radius 2 is 2.04 bits per heavy atom. The molecule has 7 heteroatoms. The van der Waals surface area contributed by atoms with Gasteiger partial charge in [-0.05, 0) is 55.0 Å². The number of amides is 2. The lowest BCUT2D eigenvalue weighted by Gasteiger charge is -2.06. The van der Waals surface area contributed by atoms with Crippen LogP contribution in [0.3, 0.4) is 0 Å². The maximum atomic E-state index is 11.7. The number of aromatic hydroxyl groups is 1. The van der Waals surface area contributed by atoms with E-state index in [4.69, 9.17) is 16.3 Å². The van der Waals surface area contributed by atoms with Gasteiger partial charge in [0.2, 0.25) is 0 Å². The van der Waals surface area contributed by atoms with E-state index in [2.05, 4.69) is 15.8 Å². The summed E-state index contributed by atoms with van der Waals surface area (Å²) < 4.78 is 5.27. The minimum absolute atomic E-state index is 0.0532. The molecule has 0 aliphatic heterocycles. The van der Waals surface area contributed by atoms with E-state index in [-0.39, 0.29) is 5.75 Å². The minimum atomic E-state index is -0.479. The number of hydrogen-bond acceptors (Lipinski definition) is 4. The van der Waals surface area contributed by atoms with Crippen LogP contribution in [0.25, 0.3) is 0 Å². The number of urea groups is 1. The summed E-state index contributed by atoms with van der Waals surface area (Å²) in [6.45, 7) is 2.26. The Bertz CT molecular complexity index is 702. The van der Waals surface area contributed by atoms with Crippen LogP contribution in [0.1, 0.15) is 12.5 Å². The smallest absolute Gasteiger partial charge is 0.339 e. The summed E-state index contributed by atoms with van der Waals surface area (Å²) in [4.78, 5) is 11.7. The number of nitrogens with zero attached hydrogens (tertiary/aromatic N) is 1. The zero-order valence-electron chi connectivity index (χ0n) is 12.4. The van der Waals surface area contributed by atoms with E-state index in [1.165, 1.54) is 12.3 Å². The number of carbonyl (C=O) groups excluding carboxylic acids is 1. The standard InChI is InChI=1S/C16H16ClN3O3/c1-2-23-15-9-11(3-8-14(15)21)10-18-20-16(22)19-13-6-4-12(17)5-7-13/h3-10,21H,2H2,1H3,(H2,19,20,22)/b18-10-. The second kappa shape index (κ2) is 8.05. The number of carbonyl (C=O) groups is 1. The van der Waals surface area contributed by atoms with Gasteiger partial charge >= 0.3 is 6.03 Å². The normalized spacial score (nSPS) is 10.5. The number of phenols is 1. The van der Waals surface area contributed by atoms with Crippen molar-refractivity contribution in [3.05, 3.63) is 53.1 Å². The van der Waals surface area contributed by atoms with Gasteiger partial charge in [-0.3, -0.25) is 0 Å². The lowest BCUT2D eigenvalue weighted by molar-refractivity contribution is 0.252. The Labute approximate surface area is 138 Å². The number of rotatable bonds is 5. The van der Waals surface area contributed by atoms with Gasteiger partial charge in [-0.15, -0.1) is 0 Å². The molecule has 2 amide bonds. The second-order valence-electron chi connectivity index (χ2n) is 4.49. The monoisotopic (exact) mass is 333 g/mol. The summed E-state index contributed by atoms with van der Waals surface area (Å²) in [6.07, 6.45) is 1.45. The molecule has 3 N–H and O–H groups in total. The van der Waals surface area contributed by atoms with Crippen LogP contribution >= 0.6 is 11.6 Å². The Hall–Kier alpha value is -2.73. The predicted octanol–water partition coefficient (Wildman–Crippen LogP) is 3.60. The van der Waals surface area contributed by atoms with Crippen molar-refractivity contribution < 1.29 is 14.6 Å². The van der Waals surface area contributed by atoms with E-state index in [0.717, 1.165) is 0 Å². The van der Waals surface area contributed by atoms with E-state index < -0.39 is 6.03 Å². The van der Waals surface area contributed by atoms with Crippen LogP contribution in [-0.4, -0.2) is 24.0 Å². The molecule has 0 aliphatic rings. The average molecular weight is 334 g/mol. The van der Waals surface area contributed by atoms with Crippen LogP contribution in [0.5, 0.6) is 11.5 Å². The summed E-state index contributed by atoms with van der Waals surface area (Å²) in [5.41, 5.74) is 3.62. The molecule has 6 nitrogen and oxygen atoms in total. The molecule has 2 aromatic rings. The van der Waals surface area contributed by atoms with Gasteiger partial charge in [0.05, 0.1) is 12.8 Å². The van der Waals surface area contributed by atoms with Crippen molar-refractivity contribution in [3.63, 3.8) is 0 Å². The molecule has 0 aromatic heterocycles. The number of phenolic OH excluding ortho intramolecular Hbond substituents is 1. The second-order valence-corrected chi connectivity index (χ2v) is 4.93. The van der Waals surface area contributed by atoms with Crippen LogP contribution in [0.15, 0.2) is 47.6 Å². The lowest BCUT2D eigenvalue weighted by Crippen LogP contribution is -2.24. The highest BCUT2D eigenvalue weighted by molar-refractivity contribution is 6.30. The van der Waals surface area contributed by atoms with E-state index in [1.54, 1.807) is 36.4 Å². The maximum Gasteiger partial charge on any atom is 0.339 e. The molecular formula is C16H16ClN3O3. The molecule has 0 heterocycles. The summed E-state index contributed by atoms with van der Waals surface area (Å²) >= 11 is 5.77. The molecule has 0 radical (unpaired) electrons. The number of hydrogen-bond donors (Lipinski definition) is 3. The van der Waals surface area contributed by atoms with Gasteiger partial charge in [0.25, 0.3) is 0 Å². The van der Waals surface area contributed by atoms with Crippen LogP contribution in [0.4, 0.5) is 10.5 Å². The van der Waals surface area contributed by atoms with Gasteiger partial charge in [0.1, 0.15) is 0 Å². The fraction of sp³-hybridized carbons (Fsp3) is 0.125. The van der Waals surface area contributed by atoms with Gasteiger partial charge in [-0.1, -0.05) is 11.6 Å². The summed E-state index contributed by atoms with van der Waals surface area (Å²) in [7, 11) is 0. The van der Waals surface area contributed by atoms with Crippen molar-refractivity contribution in [1.82, 2.24) is 5.43 Å². The number of benzene rings is 2. The van der Waals surface area contributed by atoms with Crippen LogP contribution in [-0.2, 0) is 0 Å². The quantitative estimate of drug-likeness (QED) is 0.577. The fourth-order valence-electron chi connectivity index (χ4n) is 1.74. The van der Waals surface area contributed by atoms with Gasteiger partial charge in [0, 0.05) is 10.7 Å². The molecule has 120 valence electrons. The fourth-order valence-corrected chi connectivity index (χ4v) is 1.87. The highest BCUT2D eigenvalue weighted by Crippen LogP contribution is 2.26. The topological polar surface area (TPSA) is 83.0 Å². The maximum absolute atomic E-state index is 11.7. The highest BCUT2D eigenvalue weighted by atomic mass is 35.5. The molecule has 0 saturated carbocycles. The first-order valence-electron chi connectivity index (χ1n) is 6.90. The Balaban J connectivity index is 1.91. The van der Waals surface area contributed by atoms with Crippen molar-refractivity contribution in [2.24, 2.45) is 5.10 Å². The first-order chi connectivity index (χ1) is 11.1. The van der Waals surface area contributed by atoms with Crippen molar-refractivity contribution in [2.45, 2.75) is 6.92 Å². The SMILES string of the molecule is CCOc1cc(/C=N\NC(=O)Nc2ccc(Cl)cc2)ccc1O. The Morgan fingerprint density at radius 3 is 2.74 bits per heavy atom. The molecule has 0 unspecified atom stereocenters. The molecule has 0 saturated heterocycles. The van der Waals surface area contributed by atoms with E-state index >= 15 is 0 Å². The predicted molar refractivity (Wildman–Crippen MR) is 90.5 cm³/mol. The van der Waals surface area contributed by atoms with Crippen LogP contribution in [0.2, 0.25) is 5.02 Å². The molecule has 0 spiro atoms. The summed E-state index contributed by atoms with van der Waals surface area (Å²) in [6, 6.07) is 11.0. The van der Waals surface area contributed by atoms with Crippen molar-refractivity contribution in [2.75, 3.05) is 11.9 Å². The molecule has 2 aromatic carbocycles. The van der Waals surface area contributed by atoms with E-state index in [1.807, 2.05) is 6.92 Å². The van der Waals surface area contributed by atoms with Gasteiger partial charge in [0.15, 0.2) is 11.5 Å². The molecule has 0 bridgehead atoms. The molecule has 0 fully saturated rings. The highest BCUT2D eigenvalue weighted by Gasteiger charge is 2.03. The third-order valence-electron chi connectivity index (χ3n) is 2.77. The average Bonchev–Trinajstić information content (AvgIpc) is 2.53. The number of hydrazone groups is 1. The molecular weight excluding hydrogens is 318 g/mol. The van der Waals surface area contributed by atoms with Gasteiger partial charge in [-0.25, -0.2) is 10.2 Å². The summed E-state index contributed by atoms with van der Waals surface area (Å²) in [5.74, 6) is 0.416. The van der Waals surface area contributed by atoms with Crippen molar-refractivity contribution in [1.29, 1.82) is 0 Å². The largest absolute Gasteiger partial charge is 0.504 e. The first kappa shape index (κ1) is 16.6. The van der Waals surface area contributed by atoms with Crippen LogP contribution in [0, 0.1) is 0 Å². The van der Waals surface area contributed by atoms with E-state index in [9.17, 15) is 9.90 Å². The van der Waals surface area contributed by atoms with Crippen LogP contribution < -0.4 is 15.5 Å². The third-order valence-corrected chi connectivity index (χ3v) is 3.02. The molecule has 23 heavy (non-hydrogen) atoms. The minimum Gasteiger partial charge on any atom is -0.504 e. The number of ether oxygens (including phenoxy) is 1. The van der Waals surface area contributed by atoms with E-state index in [0.29, 0.717) is 28.6 Å². The van der Waals surface area contributed by atoms with Gasteiger partial charge < -0.3 is 15.2 Å². The Morgan fingerprint density at radius 1 is 1.30 bits per heavy atom. The lowest BCUT2D eigenvalue weighted by atomic mass is 10.2. The Kier molecular flexibility index (Phi) is 5.82. The third kappa shape index (κ3) is 5.19.